The highest BCUT2D eigenvalue weighted by molar-refractivity contribution is 7.14. The van der Waals surface area contributed by atoms with Gasteiger partial charge >= 0.3 is 0 Å². The molecule has 0 amide bonds. The van der Waals surface area contributed by atoms with Gasteiger partial charge in [-0.15, -0.1) is 11.3 Å². The van der Waals surface area contributed by atoms with Crippen LogP contribution in [0.15, 0.2) is 0 Å². The van der Waals surface area contributed by atoms with Gasteiger partial charge in [-0.25, -0.2) is 4.98 Å². The second-order valence-electron chi connectivity index (χ2n) is 5.22. The maximum atomic E-state index is 11.7. The number of rotatable bonds is 1. The van der Waals surface area contributed by atoms with Crippen LogP contribution in [0.25, 0.3) is 0 Å². The molecule has 3 heteroatoms. The van der Waals surface area contributed by atoms with Gasteiger partial charge in [-0.2, -0.15) is 0 Å². The third-order valence-electron chi connectivity index (χ3n) is 3.83. The number of hydrogen-bond acceptors (Lipinski definition) is 3. The smallest absolute Gasteiger partial charge is 0.174 e. The maximum Gasteiger partial charge on any atom is 0.174 e. The Morgan fingerprint density at radius 1 is 1.31 bits per heavy atom. The average Bonchev–Trinajstić information content (AvgIpc) is 2.84. The average molecular weight is 235 g/mol. The molecule has 0 spiro atoms. The van der Waals surface area contributed by atoms with Crippen molar-refractivity contribution in [2.45, 2.75) is 51.4 Å². The van der Waals surface area contributed by atoms with Crippen LogP contribution in [0.1, 0.15) is 65.3 Å². The molecule has 1 fully saturated rings. The maximum absolute atomic E-state index is 11.7. The van der Waals surface area contributed by atoms with Crippen molar-refractivity contribution in [1.29, 1.82) is 0 Å². The van der Waals surface area contributed by atoms with Gasteiger partial charge in [-0.1, -0.05) is 13.3 Å². The van der Waals surface area contributed by atoms with Crippen LogP contribution >= 0.6 is 11.3 Å². The number of Topliss-reactive ketones (excluding diaryl/α,β-unsaturated/α-hetero) is 1. The van der Waals surface area contributed by atoms with Gasteiger partial charge in [-0.05, 0) is 31.6 Å². The van der Waals surface area contributed by atoms with Crippen molar-refractivity contribution in [3.63, 3.8) is 0 Å². The minimum absolute atomic E-state index is 0.330. The summed E-state index contributed by atoms with van der Waals surface area (Å²) in [5.41, 5.74) is 1.09. The van der Waals surface area contributed by atoms with Gasteiger partial charge in [0.05, 0.1) is 15.6 Å². The fourth-order valence-corrected chi connectivity index (χ4v) is 4.12. The van der Waals surface area contributed by atoms with E-state index in [4.69, 9.17) is 4.98 Å². The zero-order chi connectivity index (χ0) is 11.1. The quantitative estimate of drug-likeness (QED) is 0.745. The Balaban J connectivity index is 1.89. The summed E-state index contributed by atoms with van der Waals surface area (Å²) in [7, 11) is 0. The molecule has 2 unspecified atom stereocenters. The van der Waals surface area contributed by atoms with Crippen LogP contribution in [0.2, 0.25) is 0 Å². The number of ketones is 1. The van der Waals surface area contributed by atoms with Crippen molar-refractivity contribution in [3.8, 4) is 0 Å². The molecule has 2 nitrogen and oxygen atoms in total. The first kappa shape index (κ1) is 10.5. The van der Waals surface area contributed by atoms with E-state index < -0.39 is 0 Å². The summed E-state index contributed by atoms with van der Waals surface area (Å²) in [6.07, 6.45) is 6.59. The lowest BCUT2D eigenvalue weighted by Crippen LogP contribution is -2.07. The van der Waals surface area contributed by atoms with Crippen LogP contribution in [0.5, 0.6) is 0 Å². The number of hydrogen-bond donors (Lipinski definition) is 0. The Kier molecular flexibility index (Phi) is 2.58. The fraction of sp³-hybridized carbons (Fsp3) is 0.692. The zero-order valence-corrected chi connectivity index (χ0v) is 10.5. The monoisotopic (exact) mass is 235 g/mol. The molecule has 0 saturated heterocycles. The highest BCUT2D eigenvalue weighted by atomic mass is 32.1. The molecule has 0 aromatic carbocycles. The molecule has 1 aromatic heterocycles. The zero-order valence-electron chi connectivity index (χ0n) is 9.66. The minimum Gasteiger partial charge on any atom is -0.293 e. The van der Waals surface area contributed by atoms with Gasteiger partial charge < -0.3 is 0 Å². The topological polar surface area (TPSA) is 30.0 Å². The third kappa shape index (κ3) is 1.71. The summed E-state index contributed by atoms with van der Waals surface area (Å²) in [6.45, 7) is 2.32. The molecule has 1 heterocycles. The van der Waals surface area contributed by atoms with Crippen molar-refractivity contribution in [1.82, 2.24) is 4.98 Å². The summed E-state index contributed by atoms with van der Waals surface area (Å²) in [5, 5.41) is 1.24. The summed E-state index contributed by atoms with van der Waals surface area (Å²) >= 11 is 1.68. The molecule has 0 bridgehead atoms. The Hall–Kier alpha value is -0.700. The first-order valence-corrected chi connectivity index (χ1v) is 7.08. The van der Waals surface area contributed by atoms with E-state index in [1.165, 1.54) is 24.3 Å². The number of aromatic nitrogens is 1. The van der Waals surface area contributed by atoms with Crippen LogP contribution < -0.4 is 0 Å². The number of carbonyl (C=O) groups excluding carboxylic acids is 1. The van der Waals surface area contributed by atoms with Gasteiger partial charge in [0.25, 0.3) is 0 Å². The summed E-state index contributed by atoms with van der Waals surface area (Å²) in [5.74, 6) is 1.80. The van der Waals surface area contributed by atoms with Gasteiger partial charge in [-0.3, -0.25) is 4.79 Å². The molecule has 2 atom stereocenters. The van der Waals surface area contributed by atoms with Crippen LogP contribution in [0.4, 0.5) is 0 Å². The SMILES string of the molecule is CC1CCC(c2nc3c(s2)C(=O)CCC3)C1. The predicted octanol–water partition coefficient (Wildman–Crippen LogP) is 3.57. The van der Waals surface area contributed by atoms with Crippen molar-refractivity contribution in [2.75, 3.05) is 0 Å². The molecule has 0 radical (unpaired) electrons. The molecule has 1 saturated carbocycles. The largest absolute Gasteiger partial charge is 0.293 e. The van der Waals surface area contributed by atoms with E-state index in [0.29, 0.717) is 11.7 Å². The van der Waals surface area contributed by atoms with Crippen LogP contribution in [-0.4, -0.2) is 10.8 Å². The van der Waals surface area contributed by atoms with Crippen LogP contribution in [0.3, 0.4) is 0 Å². The van der Waals surface area contributed by atoms with Crippen molar-refractivity contribution in [2.24, 2.45) is 5.92 Å². The standard InChI is InChI=1S/C13H17NOS/c1-8-5-6-9(7-8)13-14-10-3-2-4-11(15)12(10)16-13/h8-9H,2-7H2,1H3. The summed E-state index contributed by atoms with van der Waals surface area (Å²) in [4.78, 5) is 17.4. The molecular formula is C13H17NOS. The molecule has 0 aliphatic heterocycles. The lowest BCUT2D eigenvalue weighted by atomic mass is 10.0. The van der Waals surface area contributed by atoms with E-state index in [1.807, 2.05) is 0 Å². The first-order chi connectivity index (χ1) is 7.74. The second kappa shape index (κ2) is 3.95. The molecule has 16 heavy (non-hydrogen) atoms. The number of thiazole rings is 1. The van der Waals surface area contributed by atoms with E-state index >= 15 is 0 Å². The van der Waals surface area contributed by atoms with E-state index in [-0.39, 0.29) is 0 Å². The van der Waals surface area contributed by atoms with Crippen molar-refractivity contribution >= 4 is 17.1 Å². The number of fused-ring (bicyclic) bond motifs is 1. The molecular weight excluding hydrogens is 218 g/mol. The Morgan fingerprint density at radius 3 is 2.88 bits per heavy atom. The lowest BCUT2D eigenvalue weighted by molar-refractivity contribution is 0.0976. The molecule has 2 aliphatic carbocycles. The van der Waals surface area contributed by atoms with Crippen LogP contribution in [0, 0.1) is 5.92 Å². The number of aryl methyl sites for hydroxylation is 1. The van der Waals surface area contributed by atoms with Crippen molar-refractivity contribution in [3.05, 3.63) is 15.6 Å². The van der Waals surface area contributed by atoms with Gasteiger partial charge in [0.1, 0.15) is 0 Å². The normalized spacial score (nSPS) is 29.4. The fourth-order valence-electron chi connectivity index (χ4n) is 2.89. The Bertz CT molecular complexity index is 424. The molecule has 0 N–H and O–H groups in total. The van der Waals surface area contributed by atoms with Gasteiger partial charge in [0, 0.05) is 12.3 Å². The highest BCUT2D eigenvalue weighted by Gasteiger charge is 2.29. The van der Waals surface area contributed by atoms with Gasteiger partial charge in [0.15, 0.2) is 5.78 Å². The minimum atomic E-state index is 0.330. The first-order valence-electron chi connectivity index (χ1n) is 6.27. The molecule has 3 rings (SSSR count). The van der Waals surface area contributed by atoms with Gasteiger partial charge in [0.2, 0.25) is 0 Å². The summed E-state index contributed by atoms with van der Waals surface area (Å²) in [6, 6.07) is 0. The lowest BCUT2D eigenvalue weighted by Gasteiger charge is -2.06. The number of nitrogens with zero attached hydrogens (tertiary/aromatic N) is 1. The van der Waals surface area contributed by atoms with E-state index in [1.54, 1.807) is 11.3 Å². The number of carbonyl (C=O) groups is 1. The molecule has 1 aromatic rings. The molecule has 86 valence electrons. The molecule has 2 aliphatic rings. The van der Waals surface area contributed by atoms with E-state index in [2.05, 4.69) is 6.92 Å². The Labute approximate surface area is 100 Å². The summed E-state index contributed by atoms with van der Waals surface area (Å²) < 4.78 is 0. The van der Waals surface area contributed by atoms with Crippen molar-refractivity contribution < 1.29 is 4.79 Å². The third-order valence-corrected chi connectivity index (χ3v) is 5.13. The van der Waals surface area contributed by atoms with E-state index in [9.17, 15) is 4.79 Å². The van der Waals surface area contributed by atoms with E-state index in [0.717, 1.165) is 35.8 Å². The predicted molar refractivity (Wildman–Crippen MR) is 65.1 cm³/mol. The second-order valence-corrected chi connectivity index (χ2v) is 6.25. The Morgan fingerprint density at radius 2 is 2.19 bits per heavy atom. The van der Waals surface area contributed by atoms with Crippen LogP contribution in [-0.2, 0) is 6.42 Å². The highest BCUT2D eigenvalue weighted by Crippen LogP contribution is 2.41.